The number of amides is 1. The molecule has 0 spiro atoms. The second-order valence-corrected chi connectivity index (χ2v) is 7.43. The van der Waals surface area contributed by atoms with Crippen molar-refractivity contribution < 1.29 is 15.0 Å². The van der Waals surface area contributed by atoms with Gasteiger partial charge in [-0.1, -0.05) is 50.2 Å². The van der Waals surface area contributed by atoms with Crippen LogP contribution < -0.4 is 5.32 Å². The Kier molecular flexibility index (Phi) is 5.62. The maximum absolute atomic E-state index is 12.9. The third kappa shape index (κ3) is 3.91. The molecule has 2 aromatic rings. The maximum atomic E-state index is 12.9. The summed E-state index contributed by atoms with van der Waals surface area (Å²) in [7, 11) is 0. The summed E-state index contributed by atoms with van der Waals surface area (Å²) in [4.78, 5) is 12.9. The van der Waals surface area contributed by atoms with Crippen LogP contribution >= 0.6 is 0 Å². The molecule has 26 heavy (non-hydrogen) atoms. The van der Waals surface area contributed by atoms with Crippen LogP contribution in [0.2, 0.25) is 0 Å². The van der Waals surface area contributed by atoms with Crippen LogP contribution in [-0.2, 0) is 25.7 Å². The molecule has 0 fully saturated rings. The lowest BCUT2D eigenvalue weighted by Gasteiger charge is -2.22. The predicted octanol–water partition coefficient (Wildman–Crippen LogP) is 3.02. The van der Waals surface area contributed by atoms with Gasteiger partial charge in [-0.3, -0.25) is 4.79 Å². The standard InChI is InChI=1S/C22H27NO3/c1-14(2)19(13-24)23-22(26)20-17-9-7-15-3-5-16(6-4-15)8-10-18(12-11-17)21(20)25/h3-6,11-12,14,19,24-25H,7-10,13H2,1-2H3,(H,23,26)/t19-/m1/s1. The highest BCUT2D eigenvalue weighted by atomic mass is 16.3. The fourth-order valence-electron chi connectivity index (χ4n) is 3.43. The fraction of sp³-hybridized carbons (Fsp3) is 0.409. The van der Waals surface area contributed by atoms with Gasteiger partial charge in [-0.15, -0.1) is 0 Å². The SMILES string of the molecule is CC(C)[C@@H](CO)NC(=O)c1c2ccc(c1O)CCc1ccc(cc1)CC2. The number of carbonyl (C=O) groups is 1. The van der Waals surface area contributed by atoms with Gasteiger partial charge in [0.2, 0.25) is 0 Å². The first-order valence-electron chi connectivity index (χ1n) is 9.33. The van der Waals surface area contributed by atoms with Crippen molar-refractivity contribution in [2.75, 3.05) is 6.61 Å². The molecule has 0 saturated heterocycles. The third-order valence-corrected chi connectivity index (χ3v) is 5.28. The van der Waals surface area contributed by atoms with E-state index in [1.807, 2.05) is 26.0 Å². The second kappa shape index (κ2) is 7.92. The summed E-state index contributed by atoms with van der Waals surface area (Å²) in [5, 5.41) is 23.2. The monoisotopic (exact) mass is 353 g/mol. The molecular formula is C22H27NO3. The van der Waals surface area contributed by atoms with Crippen LogP contribution in [0.5, 0.6) is 5.75 Å². The first-order valence-corrected chi connectivity index (χ1v) is 9.33. The highest BCUT2D eigenvalue weighted by Crippen LogP contribution is 2.29. The number of benzene rings is 2. The Bertz CT molecular complexity index is 781. The van der Waals surface area contributed by atoms with Gasteiger partial charge in [0, 0.05) is 0 Å². The molecule has 138 valence electrons. The van der Waals surface area contributed by atoms with Crippen LogP contribution in [0.3, 0.4) is 0 Å². The van der Waals surface area contributed by atoms with Gasteiger partial charge in [-0.05, 0) is 53.9 Å². The number of phenols is 1. The number of aliphatic hydroxyl groups is 1. The molecule has 0 aliphatic heterocycles. The van der Waals surface area contributed by atoms with Gasteiger partial charge in [0.25, 0.3) is 5.91 Å². The molecule has 1 atom stereocenters. The van der Waals surface area contributed by atoms with Crippen molar-refractivity contribution in [2.24, 2.45) is 5.92 Å². The summed E-state index contributed by atoms with van der Waals surface area (Å²) >= 11 is 0. The van der Waals surface area contributed by atoms with Crippen molar-refractivity contribution >= 4 is 5.91 Å². The quantitative estimate of drug-likeness (QED) is 0.791. The number of hydrogen-bond acceptors (Lipinski definition) is 3. The van der Waals surface area contributed by atoms with Gasteiger partial charge in [0.05, 0.1) is 18.2 Å². The van der Waals surface area contributed by atoms with Gasteiger partial charge in [0.15, 0.2) is 0 Å². The Hall–Kier alpha value is -2.33. The molecule has 0 aromatic heterocycles. The van der Waals surface area contributed by atoms with Crippen molar-refractivity contribution in [1.82, 2.24) is 5.32 Å². The van der Waals surface area contributed by atoms with Crippen LogP contribution in [0.25, 0.3) is 0 Å². The largest absolute Gasteiger partial charge is 0.507 e. The van der Waals surface area contributed by atoms with Crippen LogP contribution in [-0.4, -0.2) is 28.8 Å². The minimum Gasteiger partial charge on any atom is -0.507 e. The van der Waals surface area contributed by atoms with E-state index >= 15 is 0 Å². The molecule has 4 heteroatoms. The van der Waals surface area contributed by atoms with E-state index < -0.39 is 0 Å². The summed E-state index contributed by atoms with van der Waals surface area (Å²) in [6.07, 6.45) is 2.99. The molecule has 3 N–H and O–H groups in total. The van der Waals surface area contributed by atoms with Gasteiger partial charge in [-0.25, -0.2) is 0 Å². The van der Waals surface area contributed by atoms with Crippen LogP contribution in [0, 0.1) is 5.92 Å². The predicted molar refractivity (Wildman–Crippen MR) is 103 cm³/mol. The van der Waals surface area contributed by atoms with Crippen molar-refractivity contribution in [3.8, 4) is 5.75 Å². The van der Waals surface area contributed by atoms with E-state index in [1.165, 1.54) is 11.1 Å². The van der Waals surface area contributed by atoms with E-state index in [-0.39, 0.29) is 30.2 Å². The maximum Gasteiger partial charge on any atom is 0.255 e. The summed E-state index contributed by atoms with van der Waals surface area (Å²) in [6.45, 7) is 3.78. The summed E-state index contributed by atoms with van der Waals surface area (Å²) in [5.74, 6) is -0.116. The van der Waals surface area contributed by atoms with Crippen molar-refractivity contribution in [3.63, 3.8) is 0 Å². The number of aromatic hydroxyl groups is 1. The van der Waals surface area contributed by atoms with E-state index in [4.69, 9.17) is 0 Å². The van der Waals surface area contributed by atoms with Gasteiger partial charge < -0.3 is 15.5 Å². The lowest BCUT2D eigenvalue weighted by Crippen LogP contribution is -2.41. The number of nitrogens with one attached hydrogen (secondary N) is 1. The normalized spacial score (nSPS) is 14.8. The number of aryl methyl sites for hydroxylation is 4. The topological polar surface area (TPSA) is 69.6 Å². The second-order valence-electron chi connectivity index (χ2n) is 7.43. The number of hydrogen-bond donors (Lipinski definition) is 3. The summed E-state index contributed by atoms with van der Waals surface area (Å²) in [6, 6.07) is 12.1. The molecule has 4 bridgehead atoms. The zero-order chi connectivity index (χ0) is 18.7. The lowest BCUT2D eigenvalue weighted by atomic mass is 9.91. The average molecular weight is 353 g/mol. The average Bonchev–Trinajstić information content (AvgIpc) is 2.62. The van der Waals surface area contributed by atoms with E-state index in [2.05, 4.69) is 29.6 Å². The molecule has 0 unspecified atom stereocenters. The molecular weight excluding hydrogens is 326 g/mol. The van der Waals surface area contributed by atoms with Crippen molar-refractivity contribution in [2.45, 2.75) is 45.6 Å². The fourth-order valence-corrected chi connectivity index (χ4v) is 3.43. The summed E-state index contributed by atoms with van der Waals surface area (Å²) < 4.78 is 0. The molecule has 4 aliphatic rings. The van der Waals surface area contributed by atoms with E-state index in [1.54, 1.807) is 0 Å². The molecule has 4 aliphatic carbocycles. The minimum atomic E-state index is -0.330. The van der Waals surface area contributed by atoms with E-state index in [0.29, 0.717) is 18.4 Å². The van der Waals surface area contributed by atoms with E-state index in [0.717, 1.165) is 24.0 Å². The Morgan fingerprint density at radius 2 is 1.50 bits per heavy atom. The lowest BCUT2D eigenvalue weighted by molar-refractivity contribution is 0.0893. The Labute approximate surface area is 154 Å². The highest BCUT2D eigenvalue weighted by molar-refractivity contribution is 5.99. The first kappa shape index (κ1) is 18.5. The number of carbonyl (C=O) groups excluding carboxylic acids is 1. The van der Waals surface area contributed by atoms with E-state index in [9.17, 15) is 15.0 Å². The molecule has 4 nitrogen and oxygen atoms in total. The Morgan fingerprint density at radius 1 is 0.962 bits per heavy atom. The van der Waals surface area contributed by atoms with Gasteiger partial charge >= 0.3 is 0 Å². The number of rotatable bonds is 4. The van der Waals surface area contributed by atoms with Crippen LogP contribution in [0.1, 0.15) is 46.5 Å². The Balaban J connectivity index is 1.96. The Morgan fingerprint density at radius 3 is 2.04 bits per heavy atom. The molecule has 6 rings (SSSR count). The van der Waals surface area contributed by atoms with Crippen LogP contribution in [0.4, 0.5) is 0 Å². The zero-order valence-electron chi connectivity index (χ0n) is 15.5. The molecule has 1 amide bonds. The van der Waals surface area contributed by atoms with Crippen LogP contribution in [0.15, 0.2) is 36.4 Å². The first-order chi connectivity index (χ1) is 12.5. The highest BCUT2D eigenvalue weighted by Gasteiger charge is 2.23. The molecule has 0 heterocycles. The molecule has 2 aromatic carbocycles. The van der Waals surface area contributed by atoms with Gasteiger partial charge in [0.1, 0.15) is 5.75 Å². The van der Waals surface area contributed by atoms with Gasteiger partial charge in [-0.2, -0.15) is 0 Å². The molecule has 0 radical (unpaired) electrons. The summed E-state index contributed by atoms with van der Waals surface area (Å²) in [5.41, 5.74) is 4.43. The molecule has 0 saturated carbocycles. The number of aliphatic hydroxyl groups excluding tert-OH is 1. The minimum absolute atomic E-state index is 0.0791. The smallest absolute Gasteiger partial charge is 0.255 e. The zero-order valence-corrected chi connectivity index (χ0v) is 15.5. The van der Waals surface area contributed by atoms with Crippen molar-refractivity contribution in [3.05, 3.63) is 64.2 Å². The van der Waals surface area contributed by atoms with Crippen molar-refractivity contribution in [1.29, 1.82) is 0 Å². The number of phenolic OH excluding ortho intramolecular Hbond substituents is 1. The third-order valence-electron chi connectivity index (χ3n) is 5.28.